The molecule has 0 N–H and O–H groups in total. The van der Waals surface area contributed by atoms with Crippen LogP contribution in [0.2, 0.25) is 0 Å². The van der Waals surface area contributed by atoms with Crippen LogP contribution in [-0.2, 0) is 11.2 Å². The molecule has 41 heavy (non-hydrogen) atoms. The zero-order chi connectivity index (χ0) is 28.9. The van der Waals surface area contributed by atoms with Crippen molar-refractivity contribution in [3.05, 3.63) is 94.3 Å². The lowest BCUT2D eigenvalue weighted by Crippen LogP contribution is -2.25. The summed E-state index contributed by atoms with van der Waals surface area (Å²) < 4.78 is 33.8. The molecule has 0 bridgehead atoms. The van der Waals surface area contributed by atoms with E-state index in [9.17, 15) is 4.79 Å². The number of ether oxygens (including phenoxy) is 3. The van der Waals surface area contributed by atoms with Crippen molar-refractivity contribution in [3.63, 3.8) is 0 Å². The van der Waals surface area contributed by atoms with Crippen molar-refractivity contribution in [3.8, 4) is 22.4 Å². The highest BCUT2D eigenvalue weighted by Gasteiger charge is 2.26. The van der Waals surface area contributed by atoms with E-state index in [-0.39, 0.29) is 18.3 Å². The summed E-state index contributed by atoms with van der Waals surface area (Å²) in [6, 6.07) is 8.62. The second kappa shape index (κ2) is 13.0. The highest BCUT2D eigenvalue weighted by Crippen LogP contribution is 2.39. The van der Waals surface area contributed by atoms with Crippen LogP contribution >= 0.6 is 27.3 Å². The van der Waals surface area contributed by atoms with Gasteiger partial charge in [-0.15, -0.1) is 0 Å². The van der Waals surface area contributed by atoms with Crippen molar-refractivity contribution in [2.75, 3.05) is 7.11 Å². The van der Waals surface area contributed by atoms with Gasteiger partial charge < -0.3 is 14.2 Å². The summed E-state index contributed by atoms with van der Waals surface area (Å²) in [5.41, 5.74) is 3.60. The first-order valence-corrected chi connectivity index (χ1v) is 15.0. The van der Waals surface area contributed by atoms with E-state index < -0.39 is 5.82 Å². The average Bonchev–Trinajstić information content (AvgIpc) is 3.31. The third kappa shape index (κ3) is 7.02. The molecule has 212 valence electrons. The molecule has 1 aliphatic carbocycles. The van der Waals surface area contributed by atoms with Gasteiger partial charge in [0.2, 0.25) is 0 Å². The summed E-state index contributed by atoms with van der Waals surface area (Å²) in [5.74, 6) is 1.63. The van der Waals surface area contributed by atoms with Crippen LogP contribution in [0.5, 0.6) is 22.4 Å². The van der Waals surface area contributed by atoms with Crippen LogP contribution < -0.4 is 14.2 Å². The molecule has 1 fully saturated rings. The molecule has 0 atom stereocenters. The van der Waals surface area contributed by atoms with Crippen LogP contribution in [0.3, 0.4) is 0 Å². The molecule has 0 radical (unpaired) electrons. The normalized spacial score (nSPS) is 18.2. The molecule has 2 heterocycles. The van der Waals surface area contributed by atoms with Gasteiger partial charge in [0.25, 0.3) is 5.19 Å². The minimum atomic E-state index is -0.397. The van der Waals surface area contributed by atoms with Gasteiger partial charge in [0, 0.05) is 36.1 Å². The van der Waals surface area contributed by atoms with Crippen LogP contribution in [-0.4, -0.2) is 29.7 Å². The topological polar surface area (TPSA) is 70.0 Å². The van der Waals surface area contributed by atoms with Gasteiger partial charge in [0.15, 0.2) is 17.3 Å². The van der Waals surface area contributed by atoms with E-state index >= 15 is 4.39 Å². The van der Waals surface area contributed by atoms with E-state index in [1.54, 1.807) is 30.8 Å². The van der Waals surface area contributed by atoms with E-state index in [0.717, 1.165) is 42.4 Å². The van der Waals surface area contributed by atoms with Gasteiger partial charge in [0.1, 0.15) is 16.2 Å². The molecule has 1 aliphatic heterocycles. The SMILES string of the molecule is C=CC(=O)CC1CCC(Oc2cc3c(cc2OC)C(=C)C=CN=C3Cc2ccc(Oc3nc(Br)cs3)cc2F)CC1. The highest BCUT2D eigenvalue weighted by atomic mass is 79.9. The predicted octanol–water partition coefficient (Wildman–Crippen LogP) is 8.50. The Hall–Kier alpha value is -3.56. The molecular formula is C32H30BrFN2O4S. The molecule has 0 amide bonds. The van der Waals surface area contributed by atoms with Gasteiger partial charge in [0.05, 0.1) is 18.9 Å². The Morgan fingerprint density at radius 3 is 2.63 bits per heavy atom. The van der Waals surface area contributed by atoms with Crippen LogP contribution in [0.15, 0.2) is 76.8 Å². The van der Waals surface area contributed by atoms with Crippen LogP contribution in [0.25, 0.3) is 5.57 Å². The fraction of sp³-hybridized carbons (Fsp3) is 0.281. The Kier molecular flexibility index (Phi) is 9.15. The summed E-state index contributed by atoms with van der Waals surface area (Å²) in [5, 5.41) is 2.23. The Morgan fingerprint density at radius 1 is 1.17 bits per heavy atom. The van der Waals surface area contributed by atoms with Crippen LogP contribution in [0, 0.1) is 11.7 Å². The standard InChI is InChI=1S/C32H30BrFN2O4S/c1-4-22(37)13-20-5-8-23(9-6-20)39-30-17-26-25(16-29(30)38-3)19(2)11-12-35-28(26)14-21-7-10-24(15-27(21)34)40-32-36-31(33)18-41-32/h4,7,10-12,15-18,20,23H,1-2,5-6,8-9,13-14H2,3H3. The molecule has 0 spiro atoms. The minimum absolute atomic E-state index is 0.00738. The molecule has 3 aromatic rings. The van der Waals surface area contributed by atoms with Crippen molar-refractivity contribution in [1.29, 1.82) is 0 Å². The third-order valence-electron chi connectivity index (χ3n) is 7.31. The van der Waals surface area contributed by atoms with Gasteiger partial charge in [-0.05, 0) is 94.6 Å². The molecule has 2 aromatic carbocycles. The number of allylic oxidation sites excluding steroid dienone is 3. The molecule has 6 nitrogen and oxygen atoms in total. The number of fused-ring (bicyclic) bond motifs is 1. The summed E-state index contributed by atoms with van der Waals surface area (Å²) in [6.07, 6.45) is 9.27. The fourth-order valence-electron chi connectivity index (χ4n) is 5.14. The zero-order valence-corrected chi connectivity index (χ0v) is 25.1. The molecule has 0 unspecified atom stereocenters. The minimum Gasteiger partial charge on any atom is -0.493 e. The number of carbonyl (C=O) groups excluding carboxylic acids is 1. The molecule has 1 saturated carbocycles. The molecule has 0 saturated heterocycles. The quantitative estimate of drug-likeness (QED) is 0.209. The Bertz CT molecular complexity index is 1540. The first-order chi connectivity index (χ1) is 19.8. The second-order valence-electron chi connectivity index (χ2n) is 10.1. The molecule has 2 aliphatic rings. The first kappa shape index (κ1) is 29.0. The lowest BCUT2D eigenvalue weighted by Gasteiger charge is -2.29. The Morgan fingerprint density at radius 2 is 1.95 bits per heavy atom. The smallest absolute Gasteiger partial charge is 0.279 e. The Balaban J connectivity index is 1.36. The number of aromatic nitrogens is 1. The lowest BCUT2D eigenvalue weighted by atomic mass is 9.84. The van der Waals surface area contributed by atoms with E-state index in [1.807, 2.05) is 18.2 Å². The summed E-state index contributed by atoms with van der Waals surface area (Å²) in [4.78, 5) is 20.6. The van der Waals surface area contributed by atoms with Crippen molar-refractivity contribution >= 4 is 44.3 Å². The number of rotatable bonds is 10. The monoisotopic (exact) mass is 636 g/mol. The van der Waals surface area contributed by atoms with Gasteiger partial charge in [-0.3, -0.25) is 9.79 Å². The summed E-state index contributed by atoms with van der Waals surface area (Å²) in [6.45, 7) is 7.78. The van der Waals surface area contributed by atoms with E-state index in [2.05, 4.69) is 39.1 Å². The van der Waals surface area contributed by atoms with Crippen molar-refractivity contribution < 1.29 is 23.4 Å². The predicted molar refractivity (Wildman–Crippen MR) is 164 cm³/mol. The number of halogens is 2. The van der Waals surface area contributed by atoms with E-state index in [0.29, 0.717) is 50.7 Å². The van der Waals surface area contributed by atoms with Crippen molar-refractivity contribution in [1.82, 2.24) is 4.98 Å². The number of benzene rings is 2. The molecule has 1 aromatic heterocycles. The summed E-state index contributed by atoms with van der Waals surface area (Å²) >= 11 is 4.61. The summed E-state index contributed by atoms with van der Waals surface area (Å²) in [7, 11) is 1.61. The number of hydrogen-bond donors (Lipinski definition) is 0. The maximum absolute atomic E-state index is 15.2. The molecule has 5 rings (SSSR count). The molecular weight excluding hydrogens is 607 g/mol. The highest BCUT2D eigenvalue weighted by molar-refractivity contribution is 9.10. The average molecular weight is 638 g/mol. The van der Waals surface area contributed by atoms with E-state index in [4.69, 9.17) is 14.2 Å². The van der Waals surface area contributed by atoms with Gasteiger partial charge in [-0.25, -0.2) is 4.39 Å². The van der Waals surface area contributed by atoms with Crippen molar-refractivity contribution in [2.24, 2.45) is 10.9 Å². The van der Waals surface area contributed by atoms with Gasteiger partial charge in [-0.2, -0.15) is 4.98 Å². The van der Waals surface area contributed by atoms with E-state index in [1.165, 1.54) is 23.5 Å². The number of thiazole rings is 1. The number of ketones is 1. The fourth-order valence-corrected chi connectivity index (χ4v) is 6.24. The third-order valence-corrected chi connectivity index (χ3v) is 8.74. The number of methoxy groups -OCH3 is 1. The molecule has 9 heteroatoms. The largest absolute Gasteiger partial charge is 0.493 e. The lowest BCUT2D eigenvalue weighted by molar-refractivity contribution is -0.115. The van der Waals surface area contributed by atoms with Crippen LogP contribution in [0.1, 0.15) is 48.8 Å². The number of aliphatic imine (C=N–C) groups is 1. The number of carbonyl (C=O) groups is 1. The Labute approximate surface area is 251 Å². The maximum Gasteiger partial charge on any atom is 0.279 e. The maximum atomic E-state index is 15.2. The van der Waals surface area contributed by atoms with Crippen molar-refractivity contribution in [2.45, 2.75) is 44.6 Å². The van der Waals surface area contributed by atoms with Gasteiger partial charge >= 0.3 is 0 Å². The number of nitrogens with zero attached hydrogens (tertiary/aromatic N) is 2. The van der Waals surface area contributed by atoms with Crippen LogP contribution in [0.4, 0.5) is 4.39 Å². The second-order valence-corrected chi connectivity index (χ2v) is 11.7. The van der Waals surface area contributed by atoms with Gasteiger partial charge in [-0.1, -0.05) is 30.6 Å². The zero-order valence-electron chi connectivity index (χ0n) is 22.7. The number of hydrogen-bond acceptors (Lipinski definition) is 7. The first-order valence-electron chi connectivity index (χ1n) is 13.4.